The average Bonchev–Trinajstić information content (AvgIpc) is 3.19. The van der Waals surface area contributed by atoms with Gasteiger partial charge in [0, 0.05) is 12.2 Å². The molecule has 0 saturated heterocycles. The van der Waals surface area contributed by atoms with Gasteiger partial charge in [0.1, 0.15) is 11.5 Å². The summed E-state index contributed by atoms with van der Waals surface area (Å²) in [6.07, 6.45) is 11.0. The van der Waals surface area contributed by atoms with E-state index in [0.29, 0.717) is 17.9 Å². The summed E-state index contributed by atoms with van der Waals surface area (Å²) >= 11 is 0. The first kappa shape index (κ1) is 24.1. The number of esters is 1. The van der Waals surface area contributed by atoms with Gasteiger partial charge in [-0.3, -0.25) is 4.40 Å². The molecule has 31 heavy (non-hydrogen) atoms. The van der Waals surface area contributed by atoms with E-state index in [0.717, 1.165) is 24.1 Å². The van der Waals surface area contributed by atoms with Crippen LogP contribution in [0, 0.1) is 0 Å². The number of aromatic nitrogens is 2. The number of anilines is 1. The molecule has 0 spiro atoms. The zero-order valence-electron chi connectivity index (χ0n) is 18.8. The van der Waals surface area contributed by atoms with Crippen molar-refractivity contribution in [2.45, 2.75) is 52.6 Å². The van der Waals surface area contributed by atoms with Gasteiger partial charge in [0.05, 0.1) is 24.5 Å². The van der Waals surface area contributed by atoms with Crippen LogP contribution in [0.4, 0.5) is 10.1 Å². The highest BCUT2D eigenvalue weighted by molar-refractivity contribution is 5.88. The van der Waals surface area contributed by atoms with Crippen molar-refractivity contribution in [2.24, 2.45) is 0 Å². The molecule has 2 heterocycles. The smallest absolute Gasteiger partial charge is 0.356 e. The normalized spacial score (nSPS) is 14.2. The van der Waals surface area contributed by atoms with E-state index < -0.39 is 5.97 Å². The SMILES string of the molecule is C=C/C=C(F)\C=C(/C=C)C(CC)N(c1ccc2ncc(C(=O)OCC)n2c1)C(C)CC. The Morgan fingerprint density at radius 2 is 2.03 bits per heavy atom. The summed E-state index contributed by atoms with van der Waals surface area (Å²) in [6, 6.07) is 3.90. The van der Waals surface area contributed by atoms with E-state index in [9.17, 15) is 9.18 Å². The minimum atomic E-state index is -0.419. The molecule has 0 aromatic carbocycles. The molecule has 0 fully saturated rings. The van der Waals surface area contributed by atoms with Gasteiger partial charge in [-0.25, -0.2) is 14.2 Å². The van der Waals surface area contributed by atoms with E-state index >= 15 is 0 Å². The highest BCUT2D eigenvalue weighted by Gasteiger charge is 2.25. The number of fused-ring (bicyclic) bond motifs is 1. The van der Waals surface area contributed by atoms with Gasteiger partial charge >= 0.3 is 5.97 Å². The van der Waals surface area contributed by atoms with Crippen LogP contribution in [0.15, 0.2) is 73.4 Å². The third-order valence-corrected chi connectivity index (χ3v) is 5.26. The number of carbonyl (C=O) groups excluding carboxylic acids is 1. The van der Waals surface area contributed by atoms with Gasteiger partial charge in [0.25, 0.3) is 0 Å². The van der Waals surface area contributed by atoms with Crippen LogP contribution in [-0.2, 0) is 4.74 Å². The molecular weight excluding hydrogens is 393 g/mol. The summed E-state index contributed by atoms with van der Waals surface area (Å²) in [5.74, 6) is -0.792. The molecule has 2 atom stereocenters. The number of ether oxygens (including phenoxy) is 1. The fourth-order valence-electron chi connectivity index (χ4n) is 3.62. The molecule has 0 bridgehead atoms. The summed E-state index contributed by atoms with van der Waals surface area (Å²) in [7, 11) is 0. The maximum absolute atomic E-state index is 14.3. The van der Waals surface area contributed by atoms with E-state index in [1.54, 1.807) is 17.4 Å². The lowest BCUT2D eigenvalue weighted by molar-refractivity contribution is 0.0518. The van der Waals surface area contributed by atoms with Crippen LogP contribution in [0.2, 0.25) is 0 Å². The standard InChI is InChI=1S/C25H32FN3O2/c1-7-12-20(26)15-19(9-3)22(10-4)29(18(6)8-2)21-13-14-24-27-16-23(28(24)17-21)25(30)31-11-5/h7,9,12-18,22H,1,3,8,10-11H2,2,4-6H3/b19-15+,20-12+. The Kier molecular flexibility index (Phi) is 8.79. The minimum absolute atomic E-state index is 0.108. The van der Waals surface area contributed by atoms with Crippen LogP contribution in [0.3, 0.4) is 0 Å². The number of hydrogen-bond donors (Lipinski definition) is 0. The van der Waals surface area contributed by atoms with E-state index in [2.05, 4.69) is 43.8 Å². The molecule has 0 aliphatic rings. The van der Waals surface area contributed by atoms with E-state index in [1.807, 2.05) is 18.3 Å². The molecule has 6 heteroatoms. The molecule has 5 nitrogen and oxygen atoms in total. The van der Waals surface area contributed by atoms with E-state index in [1.165, 1.54) is 24.4 Å². The number of rotatable bonds is 11. The first-order valence-corrected chi connectivity index (χ1v) is 10.7. The Hall–Kier alpha value is -3.15. The first-order valence-electron chi connectivity index (χ1n) is 10.7. The first-order chi connectivity index (χ1) is 14.9. The number of allylic oxidation sites excluding steroid dienone is 4. The molecule has 0 N–H and O–H groups in total. The highest BCUT2D eigenvalue weighted by Crippen LogP contribution is 2.29. The zero-order chi connectivity index (χ0) is 23.0. The van der Waals surface area contributed by atoms with Crippen molar-refractivity contribution in [3.63, 3.8) is 0 Å². The summed E-state index contributed by atoms with van der Waals surface area (Å²) in [5.41, 5.74) is 2.70. The predicted molar refractivity (Wildman–Crippen MR) is 125 cm³/mol. The molecule has 2 aromatic heterocycles. The van der Waals surface area contributed by atoms with Crippen LogP contribution in [-0.4, -0.2) is 34.0 Å². The number of halogens is 1. The summed E-state index contributed by atoms with van der Waals surface area (Å²) in [5, 5.41) is 0. The van der Waals surface area contributed by atoms with Crippen molar-refractivity contribution < 1.29 is 13.9 Å². The molecule has 2 aromatic rings. The van der Waals surface area contributed by atoms with Gasteiger partial charge in [-0.2, -0.15) is 0 Å². The van der Waals surface area contributed by atoms with Crippen LogP contribution in [0.1, 0.15) is 51.0 Å². The largest absolute Gasteiger partial charge is 0.461 e. The second-order valence-electron chi connectivity index (χ2n) is 7.20. The molecule has 0 aliphatic carbocycles. The summed E-state index contributed by atoms with van der Waals surface area (Å²) in [6.45, 7) is 15.8. The van der Waals surface area contributed by atoms with Crippen molar-refractivity contribution in [1.82, 2.24) is 9.38 Å². The van der Waals surface area contributed by atoms with Gasteiger partial charge in [-0.15, -0.1) is 0 Å². The van der Waals surface area contributed by atoms with Crippen LogP contribution >= 0.6 is 0 Å². The lowest BCUT2D eigenvalue weighted by Gasteiger charge is -2.38. The number of pyridine rings is 1. The Morgan fingerprint density at radius 1 is 1.29 bits per heavy atom. The van der Waals surface area contributed by atoms with Crippen molar-refractivity contribution in [3.8, 4) is 0 Å². The Morgan fingerprint density at radius 3 is 2.61 bits per heavy atom. The quantitative estimate of drug-likeness (QED) is 0.325. The van der Waals surface area contributed by atoms with Crippen LogP contribution < -0.4 is 4.90 Å². The molecular formula is C25H32FN3O2. The van der Waals surface area contributed by atoms with Gasteiger partial charge in [0.2, 0.25) is 0 Å². The monoisotopic (exact) mass is 425 g/mol. The number of hydrogen-bond acceptors (Lipinski definition) is 4. The third-order valence-electron chi connectivity index (χ3n) is 5.26. The Balaban J connectivity index is 2.61. The number of imidazole rings is 1. The topological polar surface area (TPSA) is 46.8 Å². The fraction of sp³-hybridized carbons (Fsp3) is 0.360. The second-order valence-corrected chi connectivity index (χ2v) is 7.20. The van der Waals surface area contributed by atoms with Gasteiger partial charge in [-0.05, 0) is 56.5 Å². The van der Waals surface area contributed by atoms with Crippen molar-refractivity contribution in [3.05, 3.63) is 79.1 Å². The van der Waals surface area contributed by atoms with E-state index in [-0.39, 0.29) is 17.9 Å². The fourth-order valence-corrected chi connectivity index (χ4v) is 3.62. The summed E-state index contributed by atoms with van der Waals surface area (Å²) < 4.78 is 21.2. The predicted octanol–water partition coefficient (Wildman–Crippen LogP) is 6.05. The maximum Gasteiger partial charge on any atom is 0.356 e. The molecule has 0 saturated carbocycles. The average molecular weight is 426 g/mol. The lowest BCUT2D eigenvalue weighted by atomic mass is 9.98. The van der Waals surface area contributed by atoms with Crippen LogP contribution in [0.5, 0.6) is 0 Å². The maximum atomic E-state index is 14.3. The van der Waals surface area contributed by atoms with Gasteiger partial charge in [0.15, 0.2) is 5.69 Å². The lowest BCUT2D eigenvalue weighted by Crippen LogP contribution is -2.42. The van der Waals surface area contributed by atoms with E-state index in [4.69, 9.17) is 4.74 Å². The molecule has 0 aliphatic heterocycles. The van der Waals surface area contributed by atoms with Crippen LogP contribution in [0.25, 0.3) is 5.65 Å². The number of carbonyl (C=O) groups is 1. The Labute approximate surface area is 184 Å². The van der Waals surface area contributed by atoms with Gasteiger partial charge in [-0.1, -0.05) is 39.2 Å². The van der Waals surface area contributed by atoms with Gasteiger partial charge < -0.3 is 9.64 Å². The molecule has 2 unspecified atom stereocenters. The minimum Gasteiger partial charge on any atom is -0.461 e. The molecule has 0 radical (unpaired) electrons. The molecule has 166 valence electrons. The number of nitrogens with zero attached hydrogens (tertiary/aromatic N) is 3. The van der Waals surface area contributed by atoms with Crippen molar-refractivity contribution >= 4 is 17.3 Å². The molecule has 0 amide bonds. The highest BCUT2D eigenvalue weighted by atomic mass is 19.1. The van der Waals surface area contributed by atoms with Crippen molar-refractivity contribution in [1.29, 1.82) is 0 Å². The second kappa shape index (κ2) is 11.3. The third kappa shape index (κ3) is 5.51. The molecule has 2 rings (SSSR count). The zero-order valence-corrected chi connectivity index (χ0v) is 18.8. The van der Waals surface area contributed by atoms with Crippen molar-refractivity contribution in [2.75, 3.05) is 11.5 Å². The Bertz CT molecular complexity index is 990. The summed E-state index contributed by atoms with van der Waals surface area (Å²) in [4.78, 5) is 18.9.